The topological polar surface area (TPSA) is 76.4 Å². The molecule has 5 rings (SSSR count). The first-order valence-corrected chi connectivity index (χ1v) is 9.67. The van der Waals surface area contributed by atoms with Crippen LogP contribution in [0.15, 0.2) is 36.4 Å². The van der Waals surface area contributed by atoms with Crippen LogP contribution in [0.1, 0.15) is 39.6 Å². The highest BCUT2D eigenvalue weighted by Crippen LogP contribution is 2.57. The summed E-state index contributed by atoms with van der Waals surface area (Å²) in [6.07, 6.45) is 1.73. The van der Waals surface area contributed by atoms with Crippen molar-refractivity contribution in [3.05, 3.63) is 70.5 Å². The Bertz CT molecular complexity index is 1170. The normalized spacial score (nSPS) is 18.6. The lowest BCUT2D eigenvalue weighted by Crippen LogP contribution is -2.24. The Hall–Kier alpha value is -3.42. The second-order valence-electron chi connectivity index (χ2n) is 7.72. The van der Waals surface area contributed by atoms with Crippen molar-refractivity contribution in [2.24, 2.45) is 5.92 Å². The molecule has 2 aliphatic rings. The second-order valence-corrected chi connectivity index (χ2v) is 7.72. The molecule has 1 amide bonds. The average molecular weight is 411 g/mol. The van der Waals surface area contributed by atoms with Gasteiger partial charge in [-0.3, -0.25) is 4.79 Å². The van der Waals surface area contributed by atoms with Gasteiger partial charge in [-0.1, -0.05) is 6.07 Å². The third-order valence-corrected chi connectivity index (χ3v) is 5.81. The van der Waals surface area contributed by atoms with E-state index in [9.17, 15) is 18.7 Å². The van der Waals surface area contributed by atoms with Gasteiger partial charge in [-0.25, -0.2) is 13.5 Å². The molecule has 2 aromatic carbocycles. The number of aromatic nitrogens is 2. The maximum Gasteiger partial charge on any atom is 0.272 e. The fourth-order valence-electron chi connectivity index (χ4n) is 4.23. The number of phenolic OH excluding ortho intramolecular Hbond substituents is 1. The van der Waals surface area contributed by atoms with Gasteiger partial charge in [0, 0.05) is 24.1 Å². The molecule has 1 heterocycles. The molecule has 1 aromatic heterocycles. The van der Waals surface area contributed by atoms with Crippen LogP contribution < -0.4 is 10.1 Å². The number of aromatic hydroxyl groups is 1. The fourth-order valence-corrected chi connectivity index (χ4v) is 4.23. The van der Waals surface area contributed by atoms with Crippen LogP contribution in [0.25, 0.3) is 5.69 Å². The van der Waals surface area contributed by atoms with Crippen molar-refractivity contribution in [3.63, 3.8) is 0 Å². The van der Waals surface area contributed by atoms with Crippen molar-refractivity contribution in [1.29, 1.82) is 0 Å². The van der Waals surface area contributed by atoms with Crippen LogP contribution in [-0.2, 0) is 13.0 Å². The third kappa shape index (κ3) is 2.99. The summed E-state index contributed by atoms with van der Waals surface area (Å²) in [5, 5.41) is 16.9. The average Bonchev–Trinajstić information content (AvgIpc) is 3.23. The molecule has 2 atom stereocenters. The van der Waals surface area contributed by atoms with E-state index in [0.29, 0.717) is 11.7 Å². The standard InChI is InChI=1S/C22H19F2N3O3/c1-30-19-6-11(2-5-18(19)28)10-25-22(29)20-15-8-12-7-14(12)21(15)27(26-20)17-4-3-13(23)9-16(17)24/h2-6,9,12,14,28H,7-8,10H2,1H3,(H,25,29)/t12-,14-/m1/s1. The van der Waals surface area contributed by atoms with Crippen molar-refractivity contribution in [3.8, 4) is 17.2 Å². The van der Waals surface area contributed by atoms with Crippen LogP contribution in [0.4, 0.5) is 8.78 Å². The van der Waals surface area contributed by atoms with Gasteiger partial charge in [-0.05, 0) is 48.6 Å². The first-order valence-electron chi connectivity index (χ1n) is 9.67. The molecule has 1 saturated carbocycles. The molecule has 30 heavy (non-hydrogen) atoms. The first-order chi connectivity index (χ1) is 14.5. The molecule has 0 spiro atoms. The van der Waals surface area contributed by atoms with Crippen LogP contribution >= 0.6 is 0 Å². The number of hydrogen-bond acceptors (Lipinski definition) is 4. The molecule has 6 nitrogen and oxygen atoms in total. The molecule has 3 aromatic rings. The summed E-state index contributed by atoms with van der Waals surface area (Å²) in [5.41, 5.74) is 2.85. The van der Waals surface area contributed by atoms with Crippen LogP contribution in [0.5, 0.6) is 11.5 Å². The van der Waals surface area contributed by atoms with Crippen molar-refractivity contribution in [1.82, 2.24) is 15.1 Å². The largest absolute Gasteiger partial charge is 0.504 e. The number of benzene rings is 2. The van der Waals surface area contributed by atoms with Gasteiger partial charge in [0.1, 0.15) is 11.5 Å². The molecule has 0 radical (unpaired) electrons. The molecule has 8 heteroatoms. The maximum absolute atomic E-state index is 14.4. The number of nitrogens with zero attached hydrogens (tertiary/aromatic N) is 2. The summed E-state index contributed by atoms with van der Waals surface area (Å²) in [6.45, 7) is 0.217. The van der Waals surface area contributed by atoms with Gasteiger partial charge in [0.25, 0.3) is 5.91 Å². The Morgan fingerprint density at radius 3 is 2.90 bits per heavy atom. The van der Waals surface area contributed by atoms with Crippen LogP contribution in [0.2, 0.25) is 0 Å². The van der Waals surface area contributed by atoms with E-state index in [1.54, 1.807) is 12.1 Å². The molecular formula is C22H19F2N3O3. The summed E-state index contributed by atoms with van der Waals surface area (Å²) in [4.78, 5) is 12.9. The minimum absolute atomic E-state index is 0.0182. The van der Waals surface area contributed by atoms with Gasteiger partial charge in [0.15, 0.2) is 23.0 Å². The number of carbonyl (C=O) groups excluding carboxylic acids is 1. The van der Waals surface area contributed by atoms with E-state index in [1.807, 2.05) is 0 Å². The minimum Gasteiger partial charge on any atom is -0.504 e. The highest BCUT2D eigenvalue weighted by molar-refractivity contribution is 5.94. The number of ether oxygens (including phenoxy) is 1. The monoisotopic (exact) mass is 411 g/mol. The Labute approximate surface area is 171 Å². The fraction of sp³-hybridized carbons (Fsp3) is 0.273. The number of rotatable bonds is 5. The molecule has 0 aliphatic heterocycles. The molecule has 2 N–H and O–H groups in total. The molecular weight excluding hydrogens is 392 g/mol. The van der Waals surface area contributed by atoms with Crippen LogP contribution in [0.3, 0.4) is 0 Å². The number of phenols is 1. The van der Waals surface area contributed by atoms with E-state index in [2.05, 4.69) is 10.4 Å². The van der Waals surface area contributed by atoms with Crippen LogP contribution in [0, 0.1) is 17.6 Å². The minimum atomic E-state index is -0.715. The Morgan fingerprint density at radius 1 is 1.30 bits per heavy atom. The number of nitrogens with one attached hydrogen (secondary N) is 1. The van der Waals surface area contributed by atoms with Gasteiger partial charge in [0.05, 0.1) is 12.8 Å². The summed E-state index contributed by atoms with van der Waals surface area (Å²) < 4.78 is 34.3. The van der Waals surface area contributed by atoms with E-state index >= 15 is 0 Å². The Morgan fingerprint density at radius 2 is 2.13 bits per heavy atom. The highest BCUT2D eigenvalue weighted by Gasteiger charge is 2.50. The van der Waals surface area contributed by atoms with Gasteiger partial charge >= 0.3 is 0 Å². The summed E-state index contributed by atoms with van der Waals surface area (Å²) in [5.74, 6) is -0.677. The first kappa shape index (κ1) is 18.6. The number of hydrogen-bond donors (Lipinski definition) is 2. The SMILES string of the molecule is COc1cc(CNC(=O)c2nn(-c3ccc(F)cc3F)c3c2C[C@H]2C[C@@H]32)ccc1O. The molecule has 0 bridgehead atoms. The van der Waals surface area contributed by atoms with E-state index in [1.165, 1.54) is 30.0 Å². The lowest BCUT2D eigenvalue weighted by atomic mass is 10.1. The summed E-state index contributed by atoms with van der Waals surface area (Å²) in [6, 6.07) is 8.17. The van der Waals surface area contributed by atoms with Gasteiger partial charge in [0.2, 0.25) is 0 Å². The summed E-state index contributed by atoms with van der Waals surface area (Å²) in [7, 11) is 1.45. The van der Waals surface area contributed by atoms with Gasteiger partial charge in [-0.15, -0.1) is 0 Å². The lowest BCUT2D eigenvalue weighted by molar-refractivity contribution is 0.0944. The number of amides is 1. The second kappa shape index (κ2) is 6.83. The van der Waals surface area contributed by atoms with Gasteiger partial charge < -0.3 is 15.2 Å². The van der Waals surface area contributed by atoms with E-state index in [0.717, 1.165) is 35.7 Å². The zero-order valence-corrected chi connectivity index (χ0v) is 16.2. The molecule has 2 aliphatic carbocycles. The van der Waals surface area contributed by atoms with Crippen molar-refractivity contribution < 1.29 is 23.4 Å². The predicted molar refractivity (Wildman–Crippen MR) is 104 cm³/mol. The quantitative estimate of drug-likeness (QED) is 0.674. The molecule has 0 unspecified atom stereocenters. The smallest absolute Gasteiger partial charge is 0.272 e. The van der Waals surface area contributed by atoms with E-state index in [4.69, 9.17) is 4.74 Å². The maximum atomic E-state index is 14.4. The number of carbonyl (C=O) groups is 1. The van der Waals surface area contributed by atoms with Crippen molar-refractivity contribution in [2.75, 3.05) is 7.11 Å². The highest BCUT2D eigenvalue weighted by atomic mass is 19.1. The zero-order chi connectivity index (χ0) is 21.0. The molecule has 0 saturated heterocycles. The Kier molecular flexibility index (Phi) is 4.23. The van der Waals surface area contributed by atoms with E-state index in [-0.39, 0.29) is 35.5 Å². The molecule has 1 fully saturated rings. The van der Waals surface area contributed by atoms with Crippen molar-refractivity contribution in [2.45, 2.75) is 25.3 Å². The Balaban J connectivity index is 1.44. The number of methoxy groups -OCH3 is 1. The zero-order valence-electron chi connectivity index (χ0n) is 16.2. The van der Waals surface area contributed by atoms with E-state index < -0.39 is 11.6 Å². The third-order valence-electron chi connectivity index (χ3n) is 5.81. The van der Waals surface area contributed by atoms with Gasteiger partial charge in [-0.2, -0.15) is 5.10 Å². The van der Waals surface area contributed by atoms with Crippen LogP contribution in [-0.4, -0.2) is 27.9 Å². The summed E-state index contributed by atoms with van der Waals surface area (Å²) >= 11 is 0. The lowest BCUT2D eigenvalue weighted by Gasteiger charge is -2.08. The number of fused-ring (bicyclic) bond motifs is 3. The van der Waals surface area contributed by atoms with Crippen molar-refractivity contribution >= 4 is 5.91 Å². The molecule has 154 valence electrons. The predicted octanol–water partition coefficient (Wildman–Crippen LogP) is 3.45. The number of halogens is 2.